The Kier molecular flexibility index (Phi) is 2.21. The van der Waals surface area contributed by atoms with Crippen molar-refractivity contribution in [2.45, 2.75) is 31.3 Å². The van der Waals surface area contributed by atoms with Crippen LogP contribution in [0, 0.1) is 0 Å². The van der Waals surface area contributed by atoms with E-state index in [9.17, 15) is 9.90 Å². The number of carbonyl (C=O) groups is 1. The molecule has 3 nitrogen and oxygen atoms in total. The molecule has 0 aromatic heterocycles. The summed E-state index contributed by atoms with van der Waals surface area (Å²) in [5.41, 5.74) is 0.374. The maximum atomic E-state index is 12.3. The normalized spacial score (nSPS) is 23.8. The summed E-state index contributed by atoms with van der Waals surface area (Å²) in [6.45, 7) is 0. The Balaban J connectivity index is 2.15. The first-order chi connectivity index (χ1) is 8.27. The predicted molar refractivity (Wildman–Crippen MR) is 63.3 cm³/mol. The van der Waals surface area contributed by atoms with Crippen molar-refractivity contribution < 1.29 is 14.6 Å². The molecule has 17 heavy (non-hydrogen) atoms. The van der Waals surface area contributed by atoms with Crippen LogP contribution in [-0.2, 0) is 0 Å². The van der Waals surface area contributed by atoms with Crippen LogP contribution in [0.2, 0.25) is 0 Å². The quantitative estimate of drug-likeness (QED) is 0.550. The Bertz CT molecular complexity index is 496. The second-order valence-electron chi connectivity index (χ2n) is 4.67. The molecule has 1 aliphatic carbocycles. The van der Waals surface area contributed by atoms with Gasteiger partial charge in [0.2, 0.25) is 0 Å². The van der Waals surface area contributed by atoms with Crippen molar-refractivity contribution in [2.75, 3.05) is 0 Å². The van der Waals surface area contributed by atoms with Gasteiger partial charge in [0.25, 0.3) is 0 Å². The highest BCUT2D eigenvalue weighted by atomic mass is 16.5. The fraction of sp³-hybridized carbons (Fsp3) is 0.357. The number of Topliss-reactive ketones (excluding diaryl/α,β-unsaturated/α-hetero) is 1. The number of rotatable bonds is 0. The minimum Gasteiger partial charge on any atom is -0.515 e. The van der Waals surface area contributed by atoms with Crippen LogP contribution in [0.25, 0.3) is 0 Å². The van der Waals surface area contributed by atoms with E-state index in [1.54, 1.807) is 6.07 Å². The molecular weight excluding hydrogens is 216 g/mol. The largest absolute Gasteiger partial charge is 0.515 e. The van der Waals surface area contributed by atoms with Gasteiger partial charge < -0.3 is 9.84 Å². The van der Waals surface area contributed by atoms with Gasteiger partial charge in [0.1, 0.15) is 11.4 Å². The molecule has 1 N–H and O–H groups in total. The summed E-state index contributed by atoms with van der Waals surface area (Å²) in [5, 5.41) is 9.35. The highest BCUT2D eigenvalue weighted by Crippen LogP contribution is 2.45. The van der Waals surface area contributed by atoms with Gasteiger partial charge in [0, 0.05) is 0 Å². The maximum Gasteiger partial charge on any atom is 0.199 e. The highest BCUT2D eigenvalue weighted by molar-refractivity contribution is 6.12. The topological polar surface area (TPSA) is 46.5 Å². The zero-order valence-electron chi connectivity index (χ0n) is 9.48. The van der Waals surface area contributed by atoms with E-state index in [2.05, 4.69) is 0 Å². The molecule has 0 bridgehead atoms. The first kappa shape index (κ1) is 10.4. The summed E-state index contributed by atoms with van der Waals surface area (Å²) in [5.74, 6) is 0.543. The smallest absolute Gasteiger partial charge is 0.199 e. The average Bonchev–Trinajstić information content (AvgIpc) is 2.79. The minimum absolute atomic E-state index is 0.101. The molecule has 88 valence electrons. The van der Waals surface area contributed by atoms with E-state index < -0.39 is 5.60 Å². The molecule has 1 fully saturated rings. The molecule has 1 heterocycles. The second kappa shape index (κ2) is 3.62. The molecule has 3 heteroatoms. The van der Waals surface area contributed by atoms with Gasteiger partial charge in [-0.3, -0.25) is 4.79 Å². The van der Waals surface area contributed by atoms with Crippen LogP contribution in [0.15, 0.2) is 36.1 Å². The number of ether oxygens (including phenoxy) is 1. The molecule has 3 rings (SSSR count). The Morgan fingerprint density at radius 3 is 2.65 bits per heavy atom. The van der Waals surface area contributed by atoms with Gasteiger partial charge in [-0.1, -0.05) is 12.1 Å². The van der Waals surface area contributed by atoms with Crippen LogP contribution < -0.4 is 4.74 Å². The molecule has 1 saturated carbocycles. The Hall–Kier alpha value is -1.77. The van der Waals surface area contributed by atoms with E-state index in [0.29, 0.717) is 16.9 Å². The van der Waals surface area contributed by atoms with Crippen molar-refractivity contribution in [3.05, 3.63) is 41.7 Å². The monoisotopic (exact) mass is 230 g/mol. The number of para-hydroxylation sites is 1. The lowest BCUT2D eigenvalue weighted by molar-refractivity contribution is 0.0739. The SMILES string of the molecule is O=C1/C(=C/O)C2(CCCC2)Oc2ccccc21. The number of ketones is 1. The Morgan fingerprint density at radius 1 is 1.24 bits per heavy atom. The summed E-state index contributed by atoms with van der Waals surface area (Å²) in [7, 11) is 0. The summed E-state index contributed by atoms with van der Waals surface area (Å²) >= 11 is 0. The van der Waals surface area contributed by atoms with Crippen molar-refractivity contribution in [1.29, 1.82) is 0 Å². The predicted octanol–water partition coefficient (Wildman–Crippen LogP) is 3.02. The Labute approximate surface area is 99.7 Å². The van der Waals surface area contributed by atoms with E-state index in [1.165, 1.54) is 0 Å². The van der Waals surface area contributed by atoms with Gasteiger partial charge in [-0.15, -0.1) is 0 Å². The first-order valence-electron chi connectivity index (χ1n) is 5.94. The lowest BCUT2D eigenvalue weighted by atomic mass is 9.84. The van der Waals surface area contributed by atoms with Gasteiger partial charge >= 0.3 is 0 Å². The Morgan fingerprint density at radius 2 is 1.94 bits per heavy atom. The van der Waals surface area contributed by atoms with Crippen molar-refractivity contribution in [3.8, 4) is 5.75 Å². The zero-order valence-corrected chi connectivity index (χ0v) is 9.48. The lowest BCUT2D eigenvalue weighted by Gasteiger charge is -2.36. The average molecular weight is 230 g/mol. The summed E-state index contributed by atoms with van der Waals surface area (Å²) in [6, 6.07) is 7.23. The van der Waals surface area contributed by atoms with Crippen LogP contribution in [0.5, 0.6) is 5.75 Å². The van der Waals surface area contributed by atoms with E-state index in [0.717, 1.165) is 31.9 Å². The summed E-state index contributed by atoms with van der Waals surface area (Å²) < 4.78 is 6.01. The fourth-order valence-electron chi connectivity index (χ4n) is 2.85. The molecule has 0 saturated heterocycles. The van der Waals surface area contributed by atoms with E-state index in [1.807, 2.05) is 18.2 Å². The van der Waals surface area contributed by atoms with Crippen LogP contribution in [0.1, 0.15) is 36.0 Å². The van der Waals surface area contributed by atoms with Crippen LogP contribution in [0.3, 0.4) is 0 Å². The van der Waals surface area contributed by atoms with E-state index >= 15 is 0 Å². The van der Waals surface area contributed by atoms with Gasteiger partial charge in [0.15, 0.2) is 5.78 Å². The molecule has 0 unspecified atom stereocenters. The molecule has 1 aromatic rings. The number of carbonyl (C=O) groups excluding carboxylic acids is 1. The van der Waals surface area contributed by atoms with Gasteiger partial charge in [-0.05, 0) is 37.8 Å². The van der Waals surface area contributed by atoms with Crippen LogP contribution in [-0.4, -0.2) is 16.5 Å². The number of benzene rings is 1. The number of hydrogen-bond donors (Lipinski definition) is 1. The molecule has 2 aliphatic rings. The molecular formula is C14H14O3. The molecule has 1 aliphatic heterocycles. The van der Waals surface area contributed by atoms with E-state index in [-0.39, 0.29) is 5.78 Å². The lowest BCUT2D eigenvalue weighted by Crippen LogP contribution is -2.42. The molecule has 1 spiro atoms. The van der Waals surface area contributed by atoms with Crippen molar-refractivity contribution >= 4 is 5.78 Å². The van der Waals surface area contributed by atoms with Crippen molar-refractivity contribution in [2.24, 2.45) is 0 Å². The summed E-state index contributed by atoms with van der Waals surface area (Å²) in [6.07, 6.45) is 4.61. The van der Waals surface area contributed by atoms with E-state index in [4.69, 9.17) is 4.74 Å². The van der Waals surface area contributed by atoms with Gasteiger partial charge in [0.05, 0.1) is 17.4 Å². The highest BCUT2D eigenvalue weighted by Gasteiger charge is 2.47. The molecule has 1 aromatic carbocycles. The number of aliphatic hydroxyl groups is 1. The second-order valence-corrected chi connectivity index (χ2v) is 4.67. The van der Waals surface area contributed by atoms with Crippen LogP contribution >= 0.6 is 0 Å². The van der Waals surface area contributed by atoms with Crippen molar-refractivity contribution in [3.63, 3.8) is 0 Å². The third kappa shape index (κ3) is 1.38. The third-order valence-electron chi connectivity index (χ3n) is 3.71. The molecule has 0 radical (unpaired) electrons. The van der Waals surface area contributed by atoms with Gasteiger partial charge in [-0.2, -0.15) is 0 Å². The van der Waals surface area contributed by atoms with Crippen LogP contribution in [0.4, 0.5) is 0 Å². The number of aliphatic hydroxyl groups excluding tert-OH is 1. The molecule has 0 atom stereocenters. The first-order valence-corrected chi connectivity index (χ1v) is 5.94. The maximum absolute atomic E-state index is 12.3. The number of hydrogen-bond acceptors (Lipinski definition) is 3. The standard InChI is InChI=1S/C14H14O3/c15-9-11-13(16)10-5-1-2-6-12(10)17-14(11)7-3-4-8-14/h1-2,5-6,9,15H,3-4,7-8H2/b11-9-. The third-order valence-corrected chi connectivity index (χ3v) is 3.71. The zero-order chi connectivity index (χ0) is 11.9. The van der Waals surface area contributed by atoms with Crippen molar-refractivity contribution in [1.82, 2.24) is 0 Å². The minimum atomic E-state index is -0.583. The fourth-order valence-corrected chi connectivity index (χ4v) is 2.85. The molecule has 0 amide bonds. The summed E-state index contributed by atoms with van der Waals surface area (Å²) in [4.78, 5) is 12.3. The number of fused-ring (bicyclic) bond motifs is 1. The van der Waals surface area contributed by atoms with Gasteiger partial charge in [-0.25, -0.2) is 0 Å².